The van der Waals surface area contributed by atoms with E-state index in [1.54, 1.807) is 31.4 Å². The van der Waals surface area contributed by atoms with E-state index in [-0.39, 0.29) is 11.4 Å². The van der Waals surface area contributed by atoms with Gasteiger partial charge in [0, 0.05) is 6.42 Å². The number of amides is 1. The Bertz CT molecular complexity index is 1170. The SMILES string of the molecule is COc1cc(/C=C2/C(=N)N3N=C(CC(C)C)SC3=NC2=O)ccc1OCCOc1ccccc1. The van der Waals surface area contributed by atoms with Gasteiger partial charge in [0.1, 0.15) is 24.0 Å². The smallest absolute Gasteiger partial charge is 0.283 e. The number of ether oxygens (including phenoxy) is 3. The zero-order valence-corrected chi connectivity index (χ0v) is 20.1. The lowest BCUT2D eigenvalue weighted by molar-refractivity contribution is -0.114. The summed E-state index contributed by atoms with van der Waals surface area (Å²) >= 11 is 1.34. The van der Waals surface area contributed by atoms with Crippen molar-refractivity contribution in [2.24, 2.45) is 16.0 Å². The van der Waals surface area contributed by atoms with E-state index in [1.807, 2.05) is 30.3 Å². The fraction of sp³-hybridized carbons (Fsp3) is 0.280. The molecule has 1 N–H and O–H groups in total. The van der Waals surface area contributed by atoms with Crippen molar-refractivity contribution in [1.82, 2.24) is 5.01 Å². The number of fused-ring (bicyclic) bond motifs is 1. The Morgan fingerprint density at radius 1 is 1.09 bits per heavy atom. The van der Waals surface area contributed by atoms with Gasteiger partial charge in [-0.25, -0.2) is 0 Å². The topological polar surface area (TPSA) is 96.6 Å². The second-order valence-electron chi connectivity index (χ2n) is 8.03. The van der Waals surface area contributed by atoms with Crippen molar-refractivity contribution in [1.29, 1.82) is 5.41 Å². The van der Waals surface area contributed by atoms with E-state index in [1.165, 1.54) is 16.8 Å². The number of methoxy groups -OCH3 is 1. The van der Waals surface area contributed by atoms with Crippen LogP contribution in [0.25, 0.3) is 6.08 Å². The molecule has 0 aromatic heterocycles. The normalized spacial score (nSPS) is 16.5. The molecule has 1 amide bonds. The zero-order valence-electron chi connectivity index (χ0n) is 19.3. The summed E-state index contributed by atoms with van der Waals surface area (Å²) in [6.07, 6.45) is 2.39. The molecule has 2 aromatic rings. The Labute approximate surface area is 202 Å². The van der Waals surface area contributed by atoms with Crippen molar-refractivity contribution in [3.8, 4) is 17.2 Å². The fourth-order valence-electron chi connectivity index (χ4n) is 3.35. The highest BCUT2D eigenvalue weighted by molar-refractivity contribution is 8.26. The summed E-state index contributed by atoms with van der Waals surface area (Å²) in [6.45, 7) is 4.93. The minimum Gasteiger partial charge on any atom is -0.493 e. The van der Waals surface area contributed by atoms with Gasteiger partial charge in [-0.1, -0.05) is 38.1 Å². The van der Waals surface area contributed by atoms with Gasteiger partial charge in [0.25, 0.3) is 5.91 Å². The number of amidine groups is 2. The number of benzene rings is 2. The zero-order chi connectivity index (χ0) is 24.1. The second-order valence-corrected chi connectivity index (χ2v) is 9.07. The average molecular weight is 479 g/mol. The molecular weight excluding hydrogens is 452 g/mol. The van der Waals surface area contributed by atoms with Gasteiger partial charge >= 0.3 is 0 Å². The van der Waals surface area contributed by atoms with Gasteiger partial charge < -0.3 is 14.2 Å². The van der Waals surface area contributed by atoms with E-state index in [2.05, 4.69) is 23.9 Å². The van der Waals surface area contributed by atoms with Crippen molar-refractivity contribution in [2.45, 2.75) is 20.3 Å². The third-order valence-electron chi connectivity index (χ3n) is 4.93. The first-order valence-corrected chi connectivity index (χ1v) is 11.7. The molecule has 34 heavy (non-hydrogen) atoms. The number of hydrogen-bond donors (Lipinski definition) is 1. The van der Waals surface area contributed by atoms with Gasteiger partial charge in [-0.15, -0.1) is 0 Å². The Hall–Kier alpha value is -3.59. The lowest BCUT2D eigenvalue weighted by atomic mass is 10.1. The number of carbonyl (C=O) groups excluding carboxylic acids is 1. The van der Waals surface area contributed by atoms with Crippen molar-refractivity contribution in [3.05, 3.63) is 59.7 Å². The summed E-state index contributed by atoms with van der Waals surface area (Å²) in [5.74, 6) is 1.84. The number of carbonyl (C=O) groups is 1. The Balaban J connectivity index is 1.45. The summed E-state index contributed by atoms with van der Waals surface area (Å²) in [5, 5.41) is 15.7. The van der Waals surface area contributed by atoms with Gasteiger partial charge in [0.15, 0.2) is 17.3 Å². The van der Waals surface area contributed by atoms with Gasteiger partial charge in [-0.05, 0) is 53.6 Å². The fourth-order valence-corrected chi connectivity index (χ4v) is 4.45. The Kier molecular flexibility index (Phi) is 7.32. The minimum absolute atomic E-state index is 0.0126. The van der Waals surface area contributed by atoms with Crippen LogP contribution >= 0.6 is 11.8 Å². The van der Waals surface area contributed by atoms with E-state index < -0.39 is 5.91 Å². The molecule has 2 aliphatic heterocycles. The molecule has 176 valence electrons. The van der Waals surface area contributed by atoms with E-state index in [0.717, 1.165) is 17.2 Å². The molecule has 0 aliphatic carbocycles. The predicted molar refractivity (Wildman–Crippen MR) is 135 cm³/mol. The van der Waals surface area contributed by atoms with Crippen molar-refractivity contribution >= 4 is 39.8 Å². The standard InChI is InChI=1S/C25H26N4O4S/c1-16(2)13-22-28-29-23(26)19(24(30)27-25(29)34-22)14-17-9-10-20(21(15-17)31-3)33-12-11-32-18-7-5-4-6-8-18/h4-10,14-16,26H,11-13H2,1-3H3/b19-14-,26-23?. The van der Waals surface area contributed by atoms with Crippen LogP contribution in [0, 0.1) is 11.3 Å². The summed E-state index contributed by atoms with van der Waals surface area (Å²) in [5.41, 5.74) is 0.862. The van der Waals surface area contributed by atoms with Crippen LogP contribution in [0.4, 0.5) is 0 Å². The molecular formula is C25H26N4O4S. The van der Waals surface area contributed by atoms with Crippen LogP contribution in [0.1, 0.15) is 25.8 Å². The molecule has 4 rings (SSSR count). The van der Waals surface area contributed by atoms with Crippen LogP contribution in [0.3, 0.4) is 0 Å². The van der Waals surface area contributed by atoms with Crippen LogP contribution in [0.15, 0.2) is 64.2 Å². The monoisotopic (exact) mass is 478 g/mol. The van der Waals surface area contributed by atoms with Gasteiger partial charge in [-0.3, -0.25) is 10.2 Å². The molecule has 2 aromatic carbocycles. The Morgan fingerprint density at radius 3 is 2.59 bits per heavy atom. The molecule has 0 atom stereocenters. The maximum absolute atomic E-state index is 12.6. The predicted octanol–water partition coefficient (Wildman–Crippen LogP) is 4.82. The molecule has 0 radical (unpaired) electrons. The first-order valence-electron chi connectivity index (χ1n) is 10.9. The first kappa shape index (κ1) is 23.6. The number of nitrogens with one attached hydrogen (secondary N) is 1. The van der Waals surface area contributed by atoms with E-state index in [9.17, 15) is 4.79 Å². The highest BCUT2D eigenvalue weighted by atomic mass is 32.2. The number of thioether (sulfide) groups is 1. The van der Waals surface area contributed by atoms with Crippen LogP contribution < -0.4 is 14.2 Å². The molecule has 2 aliphatic rings. The molecule has 0 saturated carbocycles. The van der Waals surface area contributed by atoms with Crippen LogP contribution in [0.5, 0.6) is 17.2 Å². The maximum Gasteiger partial charge on any atom is 0.283 e. The molecule has 0 bridgehead atoms. The first-order chi connectivity index (χ1) is 16.4. The lowest BCUT2D eigenvalue weighted by Crippen LogP contribution is -2.35. The van der Waals surface area contributed by atoms with Crippen LogP contribution in [-0.2, 0) is 4.79 Å². The Morgan fingerprint density at radius 2 is 1.85 bits per heavy atom. The maximum atomic E-state index is 12.6. The number of hydrazone groups is 1. The summed E-state index contributed by atoms with van der Waals surface area (Å²) in [6, 6.07) is 14.9. The highest BCUT2D eigenvalue weighted by Crippen LogP contribution is 2.32. The molecule has 2 heterocycles. The van der Waals surface area contributed by atoms with Crippen molar-refractivity contribution < 1.29 is 19.0 Å². The second kappa shape index (κ2) is 10.6. The largest absolute Gasteiger partial charge is 0.493 e. The minimum atomic E-state index is -0.456. The molecule has 9 heteroatoms. The third-order valence-corrected chi connectivity index (χ3v) is 5.86. The molecule has 0 saturated heterocycles. The van der Waals surface area contributed by atoms with Gasteiger partial charge in [-0.2, -0.15) is 15.1 Å². The van der Waals surface area contributed by atoms with E-state index in [4.69, 9.17) is 19.6 Å². The van der Waals surface area contributed by atoms with Crippen molar-refractivity contribution in [3.63, 3.8) is 0 Å². The number of para-hydroxylation sites is 1. The van der Waals surface area contributed by atoms with Crippen LogP contribution in [0.2, 0.25) is 0 Å². The van der Waals surface area contributed by atoms with E-state index in [0.29, 0.717) is 41.4 Å². The number of hydrogen-bond acceptors (Lipinski definition) is 7. The highest BCUT2D eigenvalue weighted by Gasteiger charge is 2.35. The summed E-state index contributed by atoms with van der Waals surface area (Å²) in [7, 11) is 1.55. The molecule has 0 unspecified atom stereocenters. The number of nitrogens with zero attached hydrogens (tertiary/aromatic N) is 3. The quantitative estimate of drug-likeness (QED) is 0.410. The molecule has 8 nitrogen and oxygen atoms in total. The number of rotatable bonds is 9. The molecule has 0 spiro atoms. The average Bonchev–Trinajstić information content (AvgIpc) is 3.22. The van der Waals surface area contributed by atoms with Crippen molar-refractivity contribution in [2.75, 3.05) is 20.3 Å². The van der Waals surface area contributed by atoms with Gasteiger partial charge in [0.05, 0.1) is 12.7 Å². The molecule has 0 fully saturated rings. The summed E-state index contributed by atoms with van der Waals surface area (Å²) < 4.78 is 16.9. The number of aliphatic imine (C=N–C) groups is 1. The summed E-state index contributed by atoms with van der Waals surface area (Å²) in [4.78, 5) is 16.8. The van der Waals surface area contributed by atoms with Crippen LogP contribution in [-0.4, -0.2) is 47.3 Å². The lowest BCUT2D eigenvalue weighted by Gasteiger charge is -2.20. The van der Waals surface area contributed by atoms with Gasteiger partial charge in [0.2, 0.25) is 5.17 Å². The third kappa shape index (κ3) is 5.48. The van der Waals surface area contributed by atoms with E-state index >= 15 is 0 Å².